The number of aromatic amines is 1. The van der Waals surface area contributed by atoms with Gasteiger partial charge in [-0.05, 0) is 36.4 Å². The summed E-state index contributed by atoms with van der Waals surface area (Å²) in [6.45, 7) is 0. The molecule has 0 amide bonds. The number of nitrogens with one attached hydrogen (secondary N) is 1. The van der Waals surface area contributed by atoms with Crippen molar-refractivity contribution < 1.29 is 4.42 Å². The molecule has 1 aromatic carbocycles. The van der Waals surface area contributed by atoms with Gasteiger partial charge in [0.05, 0.1) is 23.2 Å². The van der Waals surface area contributed by atoms with Gasteiger partial charge in [0.1, 0.15) is 11.4 Å². The van der Waals surface area contributed by atoms with E-state index in [9.17, 15) is 4.79 Å². The molecule has 3 N–H and O–H groups in total. The van der Waals surface area contributed by atoms with Crippen LogP contribution in [-0.4, -0.2) is 19.6 Å². The SMILES string of the molecule is Nc1[nH]n2c(=O)cc(-c3ccc4occc4c3)nc2c1-c1ccccn1. The van der Waals surface area contributed by atoms with E-state index in [-0.39, 0.29) is 5.56 Å². The molecule has 7 heteroatoms. The van der Waals surface area contributed by atoms with E-state index in [1.165, 1.54) is 10.6 Å². The molecule has 0 saturated heterocycles. The maximum Gasteiger partial charge on any atom is 0.273 e. The third-order valence-corrected chi connectivity index (χ3v) is 4.31. The number of anilines is 1. The molecule has 0 saturated carbocycles. The molecule has 0 bridgehead atoms. The van der Waals surface area contributed by atoms with Crippen LogP contribution in [0.3, 0.4) is 0 Å². The van der Waals surface area contributed by atoms with Gasteiger partial charge in [-0.15, -0.1) is 0 Å². The lowest BCUT2D eigenvalue weighted by Gasteiger charge is -2.03. The summed E-state index contributed by atoms with van der Waals surface area (Å²) in [6, 6.07) is 14.5. The molecule has 0 radical (unpaired) electrons. The molecule has 0 fully saturated rings. The van der Waals surface area contributed by atoms with Crippen LogP contribution in [0.4, 0.5) is 5.82 Å². The van der Waals surface area contributed by atoms with E-state index in [0.29, 0.717) is 28.4 Å². The Labute approximate surface area is 146 Å². The van der Waals surface area contributed by atoms with Crippen molar-refractivity contribution in [2.45, 2.75) is 0 Å². The van der Waals surface area contributed by atoms with Crippen LogP contribution in [0.25, 0.3) is 39.1 Å². The van der Waals surface area contributed by atoms with Crippen molar-refractivity contribution in [1.82, 2.24) is 19.6 Å². The molecule has 0 spiro atoms. The molecule has 4 heterocycles. The molecule has 7 nitrogen and oxygen atoms in total. The smallest absolute Gasteiger partial charge is 0.273 e. The zero-order valence-corrected chi connectivity index (χ0v) is 13.5. The number of rotatable bonds is 2. The number of H-pyrrole nitrogens is 1. The summed E-state index contributed by atoms with van der Waals surface area (Å²) in [7, 11) is 0. The van der Waals surface area contributed by atoms with Gasteiger partial charge in [0.25, 0.3) is 5.56 Å². The summed E-state index contributed by atoms with van der Waals surface area (Å²) in [5.74, 6) is 0.343. The Balaban J connectivity index is 1.79. The number of hydrogen-bond acceptors (Lipinski definition) is 5. The lowest BCUT2D eigenvalue weighted by atomic mass is 10.1. The number of nitrogens with two attached hydrogens (primary N) is 1. The van der Waals surface area contributed by atoms with Gasteiger partial charge in [0.15, 0.2) is 5.65 Å². The lowest BCUT2D eigenvalue weighted by molar-refractivity contribution is 0.616. The van der Waals surface area contributed by atoms with Crippen molar-refractivity contribution in [3.05, 3.63) is 71.3 Å². The van der Waals surface area contributed by atoms with Crippen molar-refractivity contribution >= 4 is 22.4 Å². The molecule has 0 atom stereocenters. The Kier molecular flexibility index (Phi) is 2.96. The van der Waals surface area contributed by atoms with Crippen molar-refractivity contribution in [3.63, 3.8) is 0 Å². The van der Waals surface area contributed by atoms with Gasteiger partial charge in [-0.25, -0.2) is 4.98 Å². The normalized spacial score (nSPS) is 11.4. The number of furan rings is 1. The van der Waals surface area contributed by atoms with Gasteiger partial charge in [-0.1, -0.05) is 6.07 Å². The van der Waals surface area contributed by atoms with Crippen molar-refractivity contribution in [3.8, 4) is 22.5 Å². The molecule has 26 heavy (non-hydrogen) atoms. The average molecular weight is 343 g/mol. The molecule has 0 aliphatic rings. The number of fused-ring (bicyclic) bond motifs is 2. The first-order valence-corrected chi connectivity index (χ1v) is 8.01. The fourth-order valence-electron chi connectivity index (χ4n) is 3.09. The van der Waals surface area contributed by atoms with Crippen molar-refractivity contribution in [1.29, 1.82) is 0 Å². The number of benzene rings is 1. The number of nitrogen functional groups attached to an aromatic ring is 1. The van der Waals surface area contributed by atoms with E-state index >= 15 is 0 Å². The van der Waals surface area contributed by atoms with Crippen LogP contribution in [-0.2, 0) is 0 Å². The van der Waals surface area contributed by atoms with Crippen LogP contribution in [0.2, 0.25) is 0 Å². The second-order valence-electron chi connectivity index (χ2n) is 5.93. The maximum absolute atomic E-state index is 12.6. The molecule has 4 aromatic heterocycles. The largest absolute Gasteiger partial charge is 0.464 e. The van der Waals surface area contributed by atoms with E-state index in [1.807, 2.05) is 42.5 Å². The fourth-order valence-corrected chi connectivity index (χ4v) is 3.09. The van der Waals surface area contributed by atoms with E-state index in [2.05, 4.69) is 15.1 Å². The van der Waals surface area contributed by atoms with E-state index in [4.69, 9.17) is 10.2 Å². The standard InChI is InChI=1S/C19H13N5O2/c20-18-17(13-3-1-2-7-21-13)19-22-14(10-16(25)24(19)23-18)11-4-5-15-12(9-11)6-8-26-15/h1-10,23H,20H2. The monoisotopic (exact) mass is 343 g/mol. The molecular weight excluding hydrogens is 330 g/mol. The first kappa shape index (κ1) is 14.5. The van der Waals surface area contributed by atoms with E-state index in [0.717, 1.165) is 16.5 Å². The summed E-state index contributed by atoms with van der Waals surface area (Å²) < 4.78 is 6.70. The average Bonchev–Trinajstić information content (AvgIpc) is 3.25. The van der Waals surface area contributed by atoms with Crippen LogP contribution in [0.5, 0.6) is 0 Å². The molecule has 5 aromatic rings. The number of hydrogen-bond donors (Lipinski definition) is 2. The third-order valence-electron chi connectivity index (χ3n) is 4.31. The fraction of sp³-hybridized carbons (Fsp3) is 0. The van der Waals surface area contributed by atoms with Gasteiger partial charge in [0.2, 0.25) is 0 Å². The first-order chi connectivity index (χ1) is 12.7. The summed E-state index contributed by atoms with van der Waals surface area (Å²) in [4.78, 5) is 21.6. The highest BCUT2D eigenvalue weighted by atomic mass is 16.3. The Morgan fingerprint density at radius 1 is 1.08 bits per heavy atom. The third kappa shape index (κ3) is 2.11. The molecule has 126 valence electrons. The highest BCUT2D eigenvalue weighted by Gasteiger charge is 2.17. The Bertz CT molecular complexity index is 1310. The number of pyridine rings is 1. The summed E-state index contributed by atoms with van der Waals surface area (Å²) in [5.41, 5.74) is 9.72. The molecule has 0 aliphatic carbocycles. The molecule has 0 unspecified atom stereocenters. The predicted molar refractivity (Wildman–Crippen MR) is 98.7 cm³/mol. The van der Waals surface area contributed by atoms with Gasteiger partial charge < -0.3 is 10.2 Å². The van der Waals surface area contributed by atoms with Crippen molar-refractivity contribution in [2.24, 2.45) is 0 Å². The minimum absolute atomic E-state index is 0.244. The van der Waals surface area contributed by atoms with Crippen LogP contribution >= 0.6 is 0 Å². The number of nitrogens with zero attached hydrogens (tertiary/aromatic N) is 3. The maximum atomic E-state index is 12.6. The zero-order chi connectivity index (χ0) is 17.7. The predicted octanol–water partition coefficient (Wildman–Crippen LogP) is 3.08. The first-order valence-electron chi connectivity index (χ1n) is 8.01. The quantitative estimate of drug-likeness (QED) is 0.513. The number of aromatic nitrogens is 4. The van der Waals surface area contributed by atoms with Gasteiger partial charge in [0, 0.05) is 23.2 Å². The van der Waals surface area contributed by atoms with E-state index in [1.54, 1.807) is 12.5 Å². The van der Waals surface area contributed by atoms with Crippen LogP contribution in [0.15, 0.2) is 70.2 Å². The summed E-state index contributed by atoms with van der Waals surface area (Å²) in [6.07, 6.45) is 3.30. The van der Waals surface area contributed by atoms with Gasteiger partial charge in [-0.3, -0.25) is 14.9 Å². The van der Waals surface area contributed by atoms with Crippen LogP contribution < -0.4 is 11.3 Å². The Morgan fingerprint density at radius 3 is 2.85 bits per heavy atom. The Morgan fingerprint density at radius 2 is 2.00 bits per heavy atom. The van der Waals surface area contributed by atoms with Gasteiger partial charge in [-0.2, -0.15) is 4.52 Å². The molecule has 0 aliphatic heterocycles. The molecular formula is C19H13N5O2. The molecule has 5 rings (SSSR count). The highest BCUT2D eigenvalue weighted by molar-refractivity contribution is 5.86. The second kappa shape index (κ2) is 5.32. The van der Waals surface area contributed by atoms with Crippen LogP contribution in [0, 0.1) is 0 Å². The zero-order valence-electron chi connectivity index (χ0n) is 13.5. The van der Waals surface area contributed by atoms with Crippen LogP contribution in [0.1, 0.15) is 0 Å². The Hall–Kier alpha value is -3.87. The van der Waals surface area contributed by atoms with Crippen molar-refractivity contribution in [2.75, 3.05) is 5.73 Å². The minimum atomic E-state index is -0.244. The lowest BCUT2D eigenvalue weighted by Crippen LogP contribution is -2.14. The second-order valence-corrected chi connectivity index (χ2v) is 5.93. The highest BCUT2D eigenvalue weighted by Crippen LogP contribution is 2.29. The van der Waals surface area contributed by atoms with Gasteiger partial charge >= 0.3 is 0 Å². The minimum Gasteiger partial charge on any atom is -0.464 e. The summed E-state index contributed by atoms with van der Waals surface area (Å²) >= 11 is 0. The van der Waals surface area contributed by atoms with E-state index < -0.39 is 0 Å². The topological polar surface area (TPSA) is 102 Å². The summed E-state index contributed by atoms with van der Waals surface area (Å²) in [5, 5.41) is 3.81.